The SMILES string of the molecule is NS(=O)(=O)c1ccc(CNC(=O)c2cccc(Br)c2)cc1. The molecule has 110 valence electrons. The van der Waals surface area contributed by atoms with Gasteiger partial charge in [0.2, 0.25) is 10.0 Å². The third-order valence-electron chi connectivity index (χ3n) is 2.79. The van der Waals surface area contributed by atoms with E-state index >= 15 is 0 Å². The Morgan fingerprint density at radius 1 is 1.14 bits per heavy atom. The van der Waals surface area contributed by atoms with Gasteiger partial charge < -0.3 is 5.32 Å². The minimum Gasteiger partial charge on any atom is -0.348 e. The standard InChI is InChI=1S/C14H13BrN2O3S/c15-12-3-1-2-11(8-12)14(18)17-9-10-4-6-13(7-5-10)21(16,19)20/h1-8H,9H2,(H,17,18)(H2,16,19,20). The van der Waals surface area contributed by atoms with Crippen LogP contribution in [0.2, 0.25) is 0 Å². The van der Waals surface area contributed by atoms with Crippen LogP contribution in [-0.4, -0.2) is 14.3 Å². The summed E-state index contributed by atoms with van der Waals surface area (Å²) in [5.41, 5.74) is 1.33. The molecular weight excluding hydrogens is 356 g/mol. The second kappa shape index (κ2) is 6.38. The van der Waals surface area contributed by atoms with Crippen molar-refractivity contribution in [3.8, 4) is 0 Å². The highest BCUT2D eigenvalue weighted by molar-refractivity contribution is 9.10. The number of carbonyl (C=O) groups excluding carboxylic acids is 1. The summed E-state index contributed by atoms with van der Waals surface area (Å²) < 4.78 is 23.1. The molecule has 0 saturated carbocycles. The molecule has 0 aliphatic heterocycles. The Bertz CT molecular complexity index is 758. The molecule has 0 fully saturated rings. The molecule has 0 aliphatic carbocycles. The molecule has 0 radical (unpaired) electrons. The number of nitrogens with two attached hydrogens (primary N) is 1. The number of nitrogens with one attached hydrogen (secondary N) is 1. The molecule has 7 heteroatoms. The summed E-state index contributed by atoms with van der Waals surface area (Å²) >= 11 is 3.30. The Labute approximate surface area is 131 Å². The van der Waals surface area contributed by atoms with Crippen LogP contribution in [0.25, 0.3) is 0 Å². The third-order valence-corrected chi connectivity index (χ3v) is 4.21. The normalized spacial score (nSPS) is 11.1. The molecule has 0 bridgehead atoms. The first-order valence-electron chi connectivity index (χ1n) is 6.02. The third kappa shape index (κ3) is 4.38. The van der Waals surface area contributed by atoms with E-state index < -0.39 is 10.0 Å². The molecule has 0 atom stereocenters. The summed E-state index contributed by atoms with van der Waals surface area (Å²) in [5.74, 6) is -0.202. The van der Waals surface area contributed by atoms with Crippen LogP contribution in [0.3, 0.4) is 0 Å². The van der Waals surface area contributed by atoms with E-state index in [4.69, 9.17) is 5.14 Å². The fraction of sp³-hybridized carbons (Fsp3) is 0.0714. The average Bonchev–Trinajstić information content (AvgIpc) is 2.44. The lowest BCUT2D eigenvalue weighted by molar-refractivity contribution is 0.0951. The van der Waals surface area contributed by atoms with Gasteiger partial charge in [-0.15, -0.1) is 0 Å². The van der Waals surface area contributed by atoms with Crippen molar-refractivity contribution in [2.75, 3.05) is 0 Å². The maximum absolute atomic E-state index is 11.9. The highest BCUT2D eigenvalue weighted by Crippen LogP contribution is 2.12. The second-order valence-electron chi connectivity index (χ2n) is 4.38. The number of sulfonamides is 1. The smallest absolute Gasteiger partial charge is 0.251 e. The highest BCUT2D eigenvalue weighted by Gasteiger charge is 2.08. The number of hydrogen-bond acceptors (Lipinski definition) is 3. The molecule has 2 rings (SSSR count). The molecule has 0 aromatic heterocycles. The van der Waals surface area contributed by atoms with E-state index in [1.54, 1.807) is 30.3 Å². The first-order chi connectivity index (χ1) is 9.86. The largest absolute Gasteiger partial charge is 0.348 e. The lowest BCUT2D eigenvalue weighted by Crippen LogP contribution is -2.22. The predicted molar refractivity (Wildman–Crippen MR) is 83.1 cm³/mol. The number of halogens is 1. The minimum atomic E-state index is -3.69. The van der Waals surface area contributed by atoms with Crippen molar-refractivity contribution >= 4 is 31.9 Å². The molecule has 0 spiro atoms. The van der Waals surface area contributed by atoms with E-state index in [0.717, 1.165) is 10.0 Å². The van der Waals surface area contributed by atoms with Gasteiger partial charge in [-0.25, -0.2) is 13.6 Å². The van der Waals surface area contributed by atoms with Gasteiger partial charge >= 0.3 is 0 Å². The molecule has 0 unspecified atom stereocenters. The van der Waals surface area contributed by atoms with E-state index in [2.05, 4.69) is 21.2 Å². The van der Waals surface area contributed by atoms with Gasteiger partial charge in [0, 0.05) is 16.6 Å². The van der Waals surface area contributed by atoms with Crippen LogP contribution in [0.15, 0.2) is 57.9 Å². The van der Waals surface area contributed by atoms with Crippen molar-refractivity contribution in [3.05, 3.63) is 64.1 Å². The predicted octanol–water partition coefficient (Wildman–Crippen LogP) is 2.03. The van der Waals surface area contributed by atoms with Crippen molar-refractivity contribution in [2.24, 2.45) is 5.14 Å². The maximum Gasteiger partial charge on any atom is 0.251 e. The Hall–Kier alpha value is -1.70. The maximum atomic E-state index is 11.9. The average molecular weight is 369 g/mol. The summed E-state index contributed by atoms with van der Waals surface area (Å²) in [5, 5.41) is 7.78. The lowest BCUT2D eigenvalue weighted by atomic mass is 10.2. The van der Waals surface area contributed by atoms with Gasteiger partial charge in [-0.1, -0.05) is 34.1 Å². The van der Waals surface area contributed by atoms with Gasteiger partial charge in [0.15, 0.2) is 0 Å². The monoisotopic (exact) mass is 368 g/mol. The summed E-state index contributed by atoms with van der Waals surface area (Å²) in [6.07, 6.45) is 0. The fourth-order valence-corrected chi connectivity index (χ4v) is 2.63. The van der Waals surface area contributed by atoms with Gasteiger partial charge in [-0.2, -0.15) is 0 Å². The van der Waals surface area contributed by atoms with E-state index in [1.165, 1.54) is 12.1 Å². The van der Waals surface area contributed by atoms with Crippen LogP contribution in [-0.2, 0) is 16.6 Å². The Morgan fingerprint density at radius 3 is 2.38 bits per heavy atom. The number of primary sulfonamides is 1. The number of carbonyl (C=O) groups is 1. The topological polar surface area (TPSA) is 89.3 Å². The molecule has 0 aliphatic rings. The van der Waals surface area contributed by atoms with Crippen LogP contribution >= 0.6 is 15.9 Å². The van der Waals surface area contributed by atoms with E-state index in [1.807, 2.05) is 6.07 Å². The van der Waals surface area contributed by atoms with Gasteiger partial charge in [-0.05, 0) is 35.9 Å². The van der Waals surface area contributed by atoms with Crippen LogP contribution in [0.1, 0.15) is 15.9 Å². The van der Waals surface area contributed by atoms with Gasteiger partial charge in [-0.3, -0.25) is 4.79 Å². The molecule has 3 N–H and O–H groups in total. The van der Waals surface area contributed by atoms with Crippen molar-refractivity contribution in [1.29, 1.82) is 0 Å². The molecule has 1 amide bonds. The Balaban J connectivity index is 2.02. The van der Waals surface area contributed by atoms with Crippen LogP contribution in [0.5, 0.6) is 0 Å². The number of hydrogen-bond donors (Lipinski definition) is 2. The number of rotatable bonds is 4. The van der Waals surface area contributed by atoms with Gasteiger partial charge in [0.05, 0.1) is 4.90 Å². The molecular formula is C14H13BrN2O3S. The summed E-state index contributed by atoms with van der Waals surface area (Å²) in [4.78, 5) is 12.0. The van der Waals surface area contributed by atoms with E-state index in [-0.39, 0.29) is 10.8 Å². The van der Waals surface area contributed by atoms with Crippen molar-refractivity contribution < 1.29 is 13.2 Å². The summed E-state index contributed by atoms with van der Waals surface area (Å²) in [6.45, 7) is 0.302. The molecule has 5 nitrogen and oxygen atoms in total. The minimum absolute atomic E-state index is 0.0459. The summed E-state index contributed by atoms with van der Waals surface area (Å²) in [6, 6.07) is 13.1. The van der Waals surface area contributed by atoms with Crippen LogP contribution in [0.4, 0.5) is 0 Å². The Kier molecular flexibility index (Phi) is 4.76. The van der Waals surface area contributed by atoms with E-state index in [9.17, 15) is 13.2 Å². The van der Waals surface area contributed by atoms with Crippen LogP contribution < -0.4 is 10.5 Å². The zero-order valence-corrected chi connectivity index (χ0v) is 13.3. The Morgan fingerprint density at radius 2 is 1.81 bits per heavy atom. The number of benzene rings is 2. The zero-order chi connectivity index (χ0) is 15.5. The van der Waals surface area contributed by atoms with E-state index in [0.29, 0.717) is 12.1 Å². The first kappa shape index (κ1) is 15.7. The van der Waals surface area contributed by atoms with Crippen molar-refractivity contribution in [3.63, 3.8) is 0 Å². The van der Waals surface area contributed by atoms with Crippen molar-refractivity contribution in [2.45, 2.75) is 11.4 Å². The van der Waals surface area contributed by atoms with Crippen molar-refractivity contribution in [1.82, 2.24) is 5.32 Å². The molecule has 0 heterocycles. The number of amides is 1. The summed E-state index contributed by atoms with van der Waals surface area (Å²) in [7, 11) is -3.69. The van der Waals surface area contributed by atoms with Crippen LogP contribution in [0, 0.1) is 0 Å². The van der Waals surface area contributed by atoms with Gasteiger partial charge in [0.25, 0.3) is 5.91 Å². The molecule has 2 aromatic carbocycles. The first-order valence-corrected chi connectivity index (χ1v) is 8.36. The lowest BCUT2D eigenvalue weighted by Gasteiger charge is -2.06. The second-order valence-corrected chi connectivity index (χ2v) is 6.86. The molecule has 0 saturated heterocycles. The van der Waals surface area contributed by atoms with Gasteiger partial charge in [0.1, 0.15) is 0 Å². The fourth-order valence-electron chi connectivity index (χ4n) is 1.71. The zero-order valence-electron chi connectivity index (χ0n) is 10.9. The highest BCUT2D eigenvalue weighted by atomic mass is 79.9. The molecule has 2 aromatic rings. The molecule has 21 heavy (non-hydrogen) atoms. The quantitative estimate of drug-likeness (QED) is 0.864.